The minimum atomic E-state index is -5.53. The van der Waals surface area contributed by atoms with E-state index in [1.165, 1.54) is 0 Å². The van der Waals surface area contributed by atoms with E-state index < -0.39 is 17.7 Å². The van der Waals surface area contributed by atoms with Crippen LogP contribution in [0.3, 0.4) is 0 Å². The van der Waals surface area contributed by atoms with Crippen LogP contribution in [-0.4, -0.2) is 6.18 Å². The van der Waals surface area contributed by atoms with Gasteiger partial charge in [0.2, 0.25) is 0 Å². The number of hydrogen-bond donors (Lipinski definition) is 0. The van der Waals surface area contributed by atoms with Gasteiger partial charge in [0.1, 0.15) is 0 Å². The predicted octanol–water partition coefficient (Wildman–Crippen LogP) is 4.16. The summed E-state index contributed by atoms with van der Waals surface area (Å²) in [7, 11) is 0. The molecule has 74 valence electrons. The van der Waals surface area contributed by atoms with Gasteiger partial charge in [-0.1, -0.05) is 0 Å². The maximum absolute atomic E-state index is 12.5. The van der Waals surface area contributed by atoms with E-state index in [2.05, 4.69) is 15.9 Å². The van der Waals surface area contributed by atoms with Gasteiger partial charge in [0.15, 0.2) is 0 Å². The lowest BCUT2D eigenvalue weighted by Crippen LogP contribution is -2.33. The van der Waals surface area contributed by atoms with Crippen molar-refractivity contribution in [3.8, 4) is 0 Å². The van der Waals surface area contributed by atoms with Crippen LogP contribution in [0.5, 0.6) is 0 Å². The largest absolute Gasteiger partial charge is 0.458 e. The van der Waals surface area contributed by atoms with Crippen LogP contribution in [0.2, 0.25) is 0 Å². The standard InChI is InChI=1S/C6H2BrF5S/c7-4-1-3(2-13-4)5(8,9)6(10,11)12/h1-2H. The second kappa shape index (κ2) is 3.20. The Hall–Kier alpha value is -0.170. The summed E-state index contributed by atoms with van der Waals surface area (Å²) in [6, 6.07) is 0.762. The van der Waals surface area contributed by atoms with Crippen LogP contribution in [0, 0.1) is 0 Å². The maximum atomic E-state index is 12.5. The van der Waals surface area contributed by atoms with Crippen LogP contribution < -0.4 is 0 Å². The van der Waals surface area contributed by atoms with Crippen molar-refractivity contribution in [1.82, 2.24) is 0 Å². The molecule has 0 spiro atoms. The van der Waals surface area contributed by atoms with Crippen molar-refractivity contribution in [3.05, 3.63) is 20.8 Å². The van der Waals surface area contributed by atoms with Gasteiger partial charge < -0.3 is 0 Å². The average Bonchev–Trinajstić information content (AvgIpc) is 2.33. The van der Waals surface area contributed by atoms with Crippen LogP contribution in [0.15, 0.2) is 15.2 Å². The van der Waals surface area contributed by atoms with Crippen molar-refractivity contribution >= 4 is 27.3 Å². The molecule has 1 aromatic heterocycles. The molecular formula is C6H2BrF5S. The molecular weight excluding hydrogens is 279 g/mol. The average molecular weight is 281 g/mol. The summed E-state index contributed by atoms with van der Waals surface area (Å²) in [6.45, 7) is 0. The Morgan fingerprint density at radius 1 is 1.15 bits per heavy atom. The summed E-state index contributed by atoms with van der Waals surface area (Å²) >= 11 is 3.59. The fourth-order valence-corrected chi connectivity index (χ4v) is 1.82. The molecule has 0 aliphatic carbocycles. The smallest absolute Gasteiger partial charge is 0.191 e. The third-order valence-electron chi connectivity index (χ3n) is 1.29. The van der Waals surface area contributed by atoms with Gasteiger partial charge in [0.05, 0.1) is 3.79 Å². The minimum Gasteiger partial charge on any atom is -0.191 e. The molecule has 0 nitrogen and oxygen atoms in total. The molecule has 13 heavy (non-hydrogen) atoms. The third-order valence-corrected chi connectivity index (χ3v) is 2.79. The first-order valence-corrected chi connectivity index (χ1v) is 4.61. The van der Waals surface area contributed by atoms with E-state index in [4.69, 9.17) is 0 Å². The van der Waals surface area contributed by atoms with Crippen LogP contribution in [0.25, 0.3) is 0 Å². The molecule has 0 unspecified atom stereocenters. The number of halogens is 6. The minimum absolute atomic E-state index is 0.242. The molecule has 0 amide bonds. The second-order valence-corrected chi connectivity index (χ2v) is 4.50. The lowest BCUT2D eigenvalue weighted by Gasteiger charge is -2.17. The monoisotopic (exact) mass is 280 g/mol. The zero-order chi connectivity index (χ0) is 10.3. The van der Waals surface area contributed by atoms with E-state index in [-0.39, 0.29) is 3.79 Å². The highest BCUT2D eigenvalue weighted by Crippen LogP contribution is 2.45. The van der Waals surface area contributed by atoms with E-state index in [0.29, 0.717) is 0 Å². The summed E-state index contributed by atoms with van der Waals surface area (Å²) in [5, 5.41) is 0.775. The Morgan fingerprint density at radius 2 is 1.69 bits per heavy atom. The summed E-state index contributed by atoms with van der Waals surface area (Å²) in [5.74, 6) is -4.77. The molecule has 0 saturated carbocycles. The normalized spacial score (nSPS) is 13.4. The second-order valence-electron chi connectivity index (χ2n) is 2.21. The number of thiophene rings is 1. The zero-order valence-electron chi connectivity index (χ0n) is 5.83. The van der Waals surface area contributed by atoms with Gasteiger partial charge in [-0.05, 0) is 22.0 Å². The molecule has 0 N–H and O–H groups in total. The molecule has 0 fully saturated rings. The summed E-state index contributed by atoms with van der Waals surface area (Å²) in [4.78, 5) is 0. The van der Waals surface area contributed by atoms with Crippen molar-refractivity contribution in [2.24, 2.45) is 0 Å². The highest BCUT2D eigenvalue weighted by molar-refractivity contribution is 9.11. The van der Waals surface area contributed by atoms with Crippen LogP contribution >= 0.6 is 27.3 Å². The lowest BCUT2D eigenvalue weighted by atomic mass is 10.2. The van der Waals surface area contributed by atoms with Crippen molar-refractivity contribution in [1.29, 1.82) is 0 Å². The van der Waals surface area contributed by atoms with Gasteiger partial charge in [-0.25, -0.2) is 0 Å². The summed E-state index contributed by atoms with van der Waals surface area (Å²) in [5.41, 5.74) is -1.03. The van der Waals surface area contributed by atoms with Gasteiger partial charge in [0.25, 0.3) is 0 Å². The third kappa shape index (κ3) is 2.01. The summed E-state index contributed by atoms with van der Waals surface area (Å²) < 4.78 is 60.6. The number of hydrogen-bond acceptors (Lipinski definition) is 1. The van der Waals surface area contributed by atoms with Crippen molar-refractivity contribution < 1.29 is 22.0 Å². The van der Waals surface area contributed by atoms with E-state index >= 15 is 0 Å². The van der Waals surface area contributed by atoms with Crippen molar-refractivity contribution in [3.63, 3.8) is 0 Å². The first-order chi connectivity index (χ1) is 5.75. The van der Waals surface area contributed by atoms with Crippen LogP contribution in [-0.2, 0) is 5.92 Å². The Morgan fingerprint density at radius 3 is 2.00 bits per heavy atom. The van der Waals surface area contributed by atoms with Crippen molar-refractivity contribution in [2.45, 2.75) is 12.1 Å². The molecule has 1 rings (SSSR count). The molecule has 0 bridgehead atoms. The Bertz CT molecular complexity index is 302. The molecule has 0 aliphatic rings. The molecule has 0 aromatic carbocycles. The van der Waals surface area contributed by atoms with Gasteiger partial charge in [0, 0.05) is 10.9 Å². The highest BCUT2D eigenvalue weighted by Gasteiger charge is 2.58. The highest BCUT2D eigenvalue weighted by atomic mass is 79.9. The SMILES string of the molecule is FC(F)(F)C(F)(F)c1csc(Br)c1. The van der Waals surface area contributed by atoms with E-state index in [9.17, 15) is 22.0 Å². The molecule has 1 heterocycles. The fraction of sp³-hybridized carbons (Fsp3) is 0.333. The molecule has 0 atom stereocenters. The molecule has 7 heteroatoms. The first-order valence-electron chi connectivity index (χ1n) is 2.94. The quantitative estimate of drug-likeness (QED) is 0.678. The van der Waals surface area contributed by atoms with E-state index in [0.717, 1.165) is 22.8 Å². The summed E-state index contributed by atoms with van der Waals surface area (Å²) in [6.07, 6.45) is -5.53. The maximum Gasteiger partial charge on any atom is 0.458 e. The van der Waals surface area contributed by atoms with Gasteiger partial charge >= 0.3 is 12.1 Å². The molecule has 1 aromatic rings. The fourth-order valence-electron chi connectivity index (χ4n) is 0.638. The first kappa shape index (κ1) is 10.9. The van der Waals surface area contributed by atoms with Crippen molar-refractivity contribution in [2.75, 3.05) is 0 Å². The lowest BCUT2D eigenvalue weighted by molar-refractivity contribution is -0.289. The van der Waals surface area contributed by atoms with Gasteiger partial charge in [-0.2, -0.15) is 22.0 Å². The topological polar surface area (TPSA) is 0 Å². The van der Waals surface area contributed by atoms with Gasteiger partial charge in [-0.3, -0.25) is 0 Å². The Kier molecular flexibility index (Phi) is 2.68. The predicted molar refractivity (Wildman–Crippen MR) is 42.0 cm³/mol. The van der Waals surface area contributed by atoms with Gasteiger partial charge in [-0.15, -0.1) is 11.3 Å². The van der Waals surface area contributed by atoms with E-state index in [1.807, 2.05) is 0 Å². The zero-order valence-corrected chi connectivity index (χ0v) is 8.23. The Balaban J connectivity index is 3.07. The molecule has 0 aliphatic heterocycles. The number of rotatable bonds is 1. The Labute approximate surface area is 82.5 Å². The molecule has 0 saturated heterocycles. The van der Waals surface area contributed by atoms with E-state index in [1.54, 1.807) is 0 Å². The molecule has 0 radical (unpaired) electrons. The van der Waals surface area contributed by atoms with Crippen LogP contribution in [0.4, 0.5) is 22.0 Å². The van der Waals surface area contributed by atoms with Crippen LogP contribution in [0.1, 0.15) is 5.56 Å². The number of alkyl halides is 5.